The van der Waals surface area contributed by atoms with E-state index in [9.17, 15) is 23.3 Å². The van der Waals surface area contributed by atoms with Crippen LogP contribution in [-0.2, 0) is 6.18 Å². The number of nitrogens with zero attached hydrogens (tertiary/aromatic N) is 4. The van der Waals surface area contributed by atoms with Crippen LogP contribution in [0.5, 0.6) is 5.75 Å². The zero-order valence-electron chi connectivity index (χ0n) is 14.2. The third-order valence-electron chi connectivity index (χ3n) is 3.70. The van der Waals surface area contributed by atoms with Gasteiger partial charge in [0.2, 0.25) is 5.16 Å². The van der Waals surface area contributed by atoms with Gasteiger partial charge in [-0.2, -0.15) is 13.2 Å². The van der Waals surface area contributed by atoms with Crippen LogP contribution in [0.3, 0.4) is 0 Å². The molecule has 0 radical (unpaired) electrons. The summed E-state index contributed by atoms with van der Waals surface area (Å²) in [6.45, 7) is 0. The highest BCUT2D eigenvalue weighted by Crippen LogP contribution is 2.39. The van der Waals surface area contributed by atoms with Crippen molar-refractivity contribution in [2.45, 2.75) is 16.2 Å². The number of hydrogen-bond acceptors (Lipinski definition) is 7. The summed E-state index contributed by atoms with van der Waals surface area (Å²) < 4.78 is 44.6. The van der Waals surface area contributed by atoms with E-state index in [-0.39, 0.29) is 15.9 Å². The largest absolute Gasteiger partial charge is 0.497 e. The molecule has 3 rings (SSSR count). The number of rotatable bonds is 5. The number of ether oxygens (including phenoxy) is 1. The first kappa shape index (κ1) is 19.5. The molecule has 1 heterocycles. The van der Waals surface area contributed by atoms with E-state index in [1.807, 2.05) is 0 Å². The minimum atomic E-state index is -4.69. The van der Waals surface area contributed by atoms with E-state index in [1.165, 1.54) is 7.11 Å². The predicted molar refractivity (Wildman–Crippen MR) is 94.4 cm³/mol. The molecule has 2 N–H and O–H groups in total. The Morgan fingerprint density at radius 2 is 1.86 bits per heavy atom. The van der Waals surface area contributed by atoms with Crippen LogP contribution >= 0.6 is 11.8 Å². The minimum Gasteiger partial charge on any atom is -0.497 e. The van der Waals surface area contributed by atoms with Crippen LogP contribution in [0.25, 0.3) is 11.4 Å². The molecule has 28 heavy (non-hydrogen) atoms. The van der Waals surface area contributed by atoms with Crippen molar-refractivity contribution < 1.29 is 22.8 Å². The molecule has 0 bridgehead atoms. The van der Waals surface area contributed by atoms with Gasteiger partial charge in [-0.25, -0.2) is 4.68 Å². The lowest BCUT2D eigenvalue weighted by Gasteiger charge is -2.08. The van der Waals surface area contributed by atoms with Crippen LogP contribution in [0.1, 0.15) is 5.56 Å². The van der Waals surface area contributed by atoms with E-state index in [1.54, 1.807) is 24.3 Å². The lowest BCUT2D eigenvalue weighted by Crippen LogP contribution is -2.11. The summed E-state index contributed by atoms with van der Waals surface area (Å²) in [6, 6.07) is 9.02. The molecule has 0 atom stereocenters. The lowest BCUT2D eigenvalue weighted by molar-refractivity contribution is -0.388. The number of nitrogens with two attached hydrogens (primary N) is 1. The number of benzene rings is 2. The Morgan fingerprint density at radius 1 is 1.18 bits per heavy atom. The van der Waals surface area contributed by atoms with Gasteiger partial charge in [-0.05, 0) is 48.2 Å². The smallest absolute Gasteiger partial charge is 0.416 e. The summed E-state index contributed by atoms with van der Waals surface area (Å²) in [7, 11) is 1.52. The predicted octanol–water partition coefficient (Wildman–Crippen LogP) is 3.75. The van der Waals surface area contributed by atoms with Crippen molar-refractivity contribution >= 4 is 17.4 Å². The summed E-state index contributed by atoms with van der Waals surface area (Å²) in [5, 5.41) is 19.1. The first-order valence-corrected chi connectivity index (χ1v) is 8.40. The second kappa shape index (κ2) is 7.38. The third-order valence-corrected chi connectivity index (χ3v) is 4.72. The zero-order chi connectivity index (χ0) is 20.5. The van der Waals surface area contributed by atoms with E-state index >= 15 is 0 Å². The van der Waals surface area contributed by atoms with Crippen LogP contribution in [0.4, 0.5) is 18.9 Å². The average molecular weight is 411 g/mol. The number of methoxy groups -OCH3 is 1. The summed E-state index contributed by atoms with van der Waals surface area (Å²) in [4.78, 5) is 10.3. The molecule has 0 amide bonds. The van der Waals surface area contributed by atoms with Crippen molar-refractivity contribution in [2.24, 2.45) is 0 Å². The molecule has 0 aliphatic heterocycles. The fourth-order valence-electron chi connectivity index (χ4n) is 2.30. The second-order valence-electron chi connectivity index (χ2n) is 5.44. The number of aromatic nitrogens is 3. The summed E-state index contributed by atoms with van der Waals surface area (Å²) in [5.74, 6) is 6.87. The summed E-state index contributed by atoms with van der Waals surface area (Å²) in [5.41, 5.74) is -1.20. The Labute approximate surface area is 160 Å². The standard InChI is InChI=1S/C16H12F3N5O3S/c1-27-11-5-2-9(3-6-11)14-21-22-15(23(14)20)28-13-7-4-10(16(17,18)19)8-12(13)24(25)26/h2-8H,20H2,1H3. The number of nitrogen functional groups attached to an aromatic ring is 1. The zero-order valence-corrected chi connectivity index (χ0v) is 15.0. The van der Waals surface area contributed by atoms with Crippen LogP contribution in [0.15, 0.2) is 52.5 Å². The second-order valence-corrected chi connectivity index (χ2v) is 6.45. The molecule has 0 unspecified atom stereocenters. The van der Waals surface area contributed by atoms with E-state index in [0.29, 0.717) is 17.4 Å². The van der Waals surface area contributed by atoms with Crippen molar-refractivity contribution in [2.75, 3.05) is 13.0 Å². The van der Waals surface area contributed by atoms with Crippen molar-refractivity contribution in [3.8, 4) is 17.1 Å². The quantitative estimate of drug-likeness (QED) is 0.387. The van der Waals surface area contributed by atoms with Crippen LogP contribution in [0, 0.1) is 10.1 Å². The van der Waals surface area contributed by atoms with Gasteiger partial charge in [0.25, 0.3) is 5.69 Å². The molecule has 8 nitrogen and oxygen atoms in total. The van der Waals surface area contributed by atoms with Gasteiger partial charge in [-0.3, -0.25) is 10.1 Å². The molecule has 0 saturated carbocycles. The van der Waals surface area contributed by atoms with E-state index in [2.05, 4.69) is 10.2 Å². The molecular weight excluding hydrogens is 399 g/mol. The highest BCUT2D eigenvalue weighted by Gasteiger charge is 2.33. The van der Waals surface area contributed by atoms with Crippen LogP contribution in [0.2, 0.25) is 0 Å². The van der Waals surface area contributed by atoms with Crippen molar-refractivity contribution in [1.82, 2.24) is 14.9 Å². The van der Waals surface area contributed by atoms with Gasteiger partial charge < -0.3 is 10.6 Å². The molecule has 1 aromatic heterocycles. The Bertz CT molecular complexity index is 1020. The van der Waals surface area contributed by atoms with Crippen LogP contribution in [-0.4, -0.2) is 26.9 Å². The summed E-state index contributed by atoms with van der Waals surface area (Å²) in [6.07, 6.45) is -4.69. The van der Waals surface area contributed by atoms with Crippen molar-refractivity contribution in [3.05, 3.63) is 58.1 Å². The van der Waals surface area contributed by atoms with Gasteiger partial charge in [-0.15, -0.1) is 10.2 Å². The lowest BCUT2D eigenvalue weighted by atomic mass is 10.2. The molecule has 0 aliphatic carbocycles. The van der Waals surface area contributed by atoms with E-state index in [0.717, 1.165) is 28.6 Å². The van der Waals surface area contributed by atoms with Gasteiger partial charge in [-0.1, -0.05) is 0 Å². The van der Waals surface area contributed by atoms with E-state index < -0.39 is 22.4 Å². The molecule has 0 spiro atoms. The topological polar surface area (TPSA) is 109 Å². The molecule has 12 heteroatoms. The molecule has 0 saturated heterocycles. The molecule has 3 aromatic rings. The Balaban J connectivity index is 1.94. The number of nitro groups is 1. The number of nitro benzene ring substituents is 1. The SMILES string of the molecule is COc1ccc(-c2nnc(Sc3ccc(C(F)(F)F)cc3[N+](=O)[O-])n2N)cc1. The molecular formula is C16H12F3N5O3S. The number of alkyl halides is 3. The molecule has 0 aliphatic rings. The fraction of sp³-hybridized carbons (Fsp3) is 0.125. The first-order chi connectivity index (χ1) is 13.2. The molecule has 2 aromatic carbocycles. The van der Waals surface area contributed by atoms with Gasteiger partial charge in [0.05, 0.1) is 22.5 Å². The minimum absolute atomic E-state index is 0.0432. The highest BCUT2D eigenvalue weighted by molar-refractivity contribution is 7.99. The van der Waals surface area contributed by atoms with Crippen LogP contribution < -0.4 is 10.6 Å². The Morgan fingerprint density at radius 3 is 2.43 bits per heavy atom. The van der Waals surface area contributed by atoms with Gasteiger partial charge in [0, 0.05) is 11.6 Å². The first-order valence-electron chi connectivity index (χ1n) is 7.59. The van der Waals surface area contributed by atoms with Gasteiger partial charge in [0.1, 0.15) is 5.75 Å². The fourth-order valence-corrected chi connectivity index (χ4v) is 3.14. The van der Waals surface area contributed by atoms with Gasteiger partial charge in [0.15, 0.2) is 5.82 Å². The van der Waals surface area contributed by atoms with Gasteiger partial charge >= 0.3 is 6.18 Å². The highest BCUT2D eigenvalue weighted by atomic mass is 32.2. The molecule has 0 fully saturated rings. The maximum absolute atomic E-state index is 12.8. The Hall–Kier alpha value is -3.28. The normalized spacial score (nSPS) is 11.4. The monoisotopic (exact) mass is 411 g/mol. The molecule has 146 valence electrons. The maximum atomic E-state index is 12.8. The maximum Gasteiger partial charge on any atom is 0.416 e. The number of halogens is 3. The van der Waals surface area contributed by atoms with E-state index in [4.69, 9.17) is 10.6 Å². The summed E-state index contributed by atoms with van der Waals surface area (Å²) >= 11 is 0.742. The Kier molecular flexibility index (Phi) is 5.14. The van der Waals surface area contributed by atoms with Crippen molar-refractivity contribution in [3.63, 3.8) is 0 Å². The average Bonchev–Trinajstić information content (AvgIpc) is 3.01. The van der Waals surface area contributed by atoms with Crippen molar-refractivity contribution in [1.29, 1.82) is 0 Å². The third kappa shape index (κ3) is 3.86. The number of hydrogen-bond donors (Lipinski definition) is 1.